The number of hydrogen-bond donors (Lipinski definition) is 2. The highest BCUT2D eigenvalue weighted by atomic mass is 79.9. The maximum atomic E-state index is 11.2. The van der Waals surface area contributed by atoms with E-state index in [4.69, 9.17) is 0 Å². The van der Waals surface area contributed by atoms with Gasteiger partial charge in [-0.1, -0.05) is 28.1 Å². The van der Waals surface area contributed by atoms with Gasteiger partial charge in [-0.2, -0.15) is 0 Å². The summed E-state index contributed by atoms with van der Waals surface area (Å²) in [5.41, 5.74) is 1.33. The van der Waals surface area contributed by atoms with E-state index in [1.54, 1.807) is 7.05 Å². The third-order valence-electron chi connectivity index (χ3n) is 4.24. The van der Waals surface area contributed by atoms with Crippen molar-refractivity contribution in [1.29, 1.82) is 0 Å². The van der Waals surface area contributed by atoms with Gasteiger partial charge in [-0.25, -0.2) is 8.42 Å². The highest BCUT2D eigenvalue weighted by Crippen LogP contribution is 2.16. The summed E-state index contributed by atoms with van der Waals surface area (Å²) >= 11 is 3.46. The number of likely N-dealkylation sites (tertiary alicyclic amines) is 1. The van der Waals surface area contributed by atoms with Gasteiger partial charge in [0.15, 0.2) is 5.96 Å². The molecule has 0 aromatic heterocycles. The second-order valence-corrected chi connectivity index (χ2v) is 9.63. The van der Waals surface area contributed by atoms with Crippen LogP contribution in [0.5, 0.6) is 0 Å². The molecule has 6 nitrogen and oxygen atoms in total. The molecule has 8 heteroatoms. The Bertz CT molecular complexity index is 668. The number of sulfone groups is 1. The van der Waals surface area contributed by atoms with Crippen molar-refractivity contribution in [3.63, 3.8) is 0 Å². The van der Waals surface area contributed by atoms with E-state index in [9.17, 15) is 8.42 Å². The molecule has 140 valence electrons. The van der Waals surface area contributed by atoms with Crippen LogP contribution in [0.1, 0.15) is 18.4 Å². The molecule has 1 heterocycles. The smallest absolute Gasteiger partial charge is 0.191 e. The normalized spacial score (nSPS) is 17.5. The second-order valence-electron chi connectivity index (χ2n) is 6.45. The lowest BCUT2D eigenvalue weighted by atomic mass is 10.0. The first-order chi connectivity index (χ1) is 11.9. The van der Waals surface area contributed by atoms with Gasteiger partial charge in [0, 0.05) is 50.0 Å². The Balaban J connectivity index is 1.72. The molecule has 1 fully saturated rings. The Hall–Kier alpha value is -1.12. The van der Waals surface area contributed by atoms with Crippen molar-refractivity contribution in [1.82, 2.24) is 15.5 Å². The fourth-order valence-corrected chi connectivity index (χ4v) is 3.56. The zero-order valence-corrected chi connectivity index (χ0v) is 17.2. The Morgan fingerprint density at radius 2 is 1.92 bits per heavy atom. The fraction of sp³-hybridized carbons (Fsp3) is 0.588. The van der Waals surface area contributed by atoms with Crippen LogP contribution in [0.3, 0.4) is 0 Å². The number of rotatable bonds is 6. The van der Waals surface area contributed by atoms with E-state index in [1.165, 1.54) is 11.8 Å². The molecule has 1 aliphatic rings. The van der Waals surface area contributed by atoms with E-state index in [0.717, 1.165) is 36.9 Å². The van der Waals surface area contributed by atoms with Crippen LogP contribution < -0.4 is 10.6 Å². The maximum absolute atomic E-state index is 11.2. The van der Waals surface area contributed by atoms with Gasteiger partial charge in [0.25, 0.3) is 0 Å². The summed E-state index contributed by atoms with van der Waals surface area (Å²) in [6, 6.07) is 8.83. The fourth-order valence-electron chi connectivity index (χ4n) is 2.83. The zero-order chi connectivity index (χ0) is 18.3. The molecular formula is C17H27BrN4O2S. The SMILES string of the molecule is CN=C(NCCS(C)(=O)=O)NC1CCN(Cc2ccc(Br)cc2)CC1. The minimum absolute atomic E-state index is 0.110. The Kier molecular flexibility index (Phi) is 7.71. The lowest BCUT2D eigenvalue weighted by Gasteiger charge is -2.33. The molecular weight excluding hydrogens is 404 g/mol. The average molecular weight is 431 g/mol. The van der Waals surface area contributed by atoms with E-state index in [1.807, 2.05) is 0 Å². The van der Waals surface area contributed by atoms with Crippen LogP contribution in [0.15, 0.2) is 33.7 Å². The number of guanidine groups is 1. The molecule has 1 aliphatic heterocycles. The molecule has 1 aromatic rings. The molecule has 0 spiro atoms. The highest BCUT2D eigenvalue weighted by Gasteiger charge is 2.20. The van der Waals surface area contributed by atoms with E-state index in [-0.39, 0.29) is 5.75 Å². The standard InChI is InChI=1S/C17H27BrN4O2S/c1-19-17(20-9-12-25(2,23)24)21-16-7-10-22(11-8-16)13-14-3-5-15(18)6-4-14/h3-6,16H,7-13H2,1-2H3,(H2,19,20,21). The summed E-state index contributed by atoms with van der Waals surface area (Å²) in [4.78, 5) is 6.64. The van der Waals surface area contributed by atoms with Crippen molar-refractivity contribution in [3.8, 4) is 0 Å². The van der Waals surface area contributed by atoms with Gasteiger partial charge >= 0.3 is 0 Å². The van der Waals surface area contributed by atoms with Gasteiger partial charge in [0.2, 0.25) is 0 Å². The predicted octanol–water partition coefficient (Wildman–Crippen LogP) is 1.62. The number of nitrogens with one attached hydrogen (secondary N) is 2. The Labute approximate surface area is 159 Å². The van der Waals surface area contributed by atoms with Gasteiger partial charge in [-0.3, -0.25) is 9.89 Å². The van der Waals surface area contributed by atoms with E-state index in [2.05, 4.69) is 60.7 Å². The first-order valence-electron chi connectivity index (χ1n) is 8.47. The van der Waals surface area contributed by atoms with Gasteiger partial charge in [0.1, 0.15) is 9.84 Å². The number of nitrogens with zero attached hydrogens (tertiary/aromatic N) is 2. The van der Waals surface area contributed by atoms with Crippen LogP contribution in [-0.2, 0) is 16.4 Å². The Morgan fingerprint density at radius 3 is 2.48 bits per heavy atom. The van der Waals surface area contributed by atoms with Crippen molar-refractivity contribution in [2.75, 3.05) is 38.7 Å². The van der Waals surface area contributed by atoms with Gasteiger partial charge in [0.05, 0.1) is 5.75 Å². The van der Waals surface area contributed by atoms with E-state index >= 15 is 0 Å². The minimum Gasteiger partial charge on any atom is -0.355 e. The van der Waals surface area contributed by atoms with Crippen LogP contribution in [-0.4, -0.2) is 64.0 Å². The lowest BCUT2D eigenvalue weighted by molar-refractivity contribution is 0.198. The summed E-state index contributed by atoms with van der Waals surface area (Å²) in [6.45, 7) is 3.42. The van der Waals surface area contributed by atoms with Crippen molar-refractivity contribution in [2.45, 2.75) is 25.4 Å². The lowest BCUT2D eigenvalue weighted by Crippen LogP contribution is -2.49. The van der Waals surface area contributed by atoms with Gasteiger partial charge in [-0.05, 0) is 30.5 Å². The van der Waals surface area contributed by atoms with Crippen molar-refractivity contribution in [2.24, 2.45) is 4.99 Å². The molecule has 2 N–H and O–H groups in total. The van der Waals surface area contributed by atoms with Crippen molar-refractivity contribution >= 4 is 31.7 Å². The quantitative estimate of drug-likeness (QED) is 0.529. The summed E-state index contributed by atoms with van der Waals surface area (Å²) in [5, 5.41) is 6.47. The van der Waals surface area contributed by atoms with Crippen LogP contribution in [0.4, 0.5) is 0 Å². The number of aliphatic imine (C=N–C) groups is 1. The molecule has 0 atom stereocenters. The summed E-state index contributed by atoms with van der Waals surface area (Å²) < 4.78 is 23.5. The predicted molar refractivity (Wildman–Crippen MR) is 107 cm³/mol. The zero-order valence-electron chi connectivity index (χ0n) is 14.8. The number of piperidine rings is 1. The number of hydrogen-bond acceptors (Lipinski definition) is 4. The minimum atomic E-state index is -2.96. The third-order valence-corrected chi connectivity index (χ3v) is 5.71. The molecule has 1 saturated heterocycles. The van der Waals surface area contributed by atoms with E-state index < -0.39 is 9.84 Å². The number of benzene rings is 1. The third kappa shape index (κ3) is 7.75. The first-order valence-corrected chi connectivity index (χ1v) is 11.3. The van der Waals surface area contributed by atoms with Crippen LogP contribution >= 0.6 is 15.9 Å². The largest absolute Gasteiger partial charge is 0.355 e. The number of halogens is 1. The van der Waals surface area contributed by atoms with Gasteiger partial charge < -0.3 is 10.6 Å². The van der Waals surface area contributed by atoms with Crippen LogP contribution in [0, 0.1) is 0 Å². The molecule has 2 rings (SSSR count). The molecule has 0 radical (unpaired) electrons. The summed E-state index contributed by atoms with van der Waals surface area (Å²) in [6.07, 6.45) is 3.33. The average Bonchev–Trinajstić information content (AvgIpc) is 2.56. The monoisotopic (exact) mass is 430 g/mol. The second kappa shape index (κ2) is 9.54. The molecule has 0 saturated carbocycles. The molecule has 25 heavy (non-hydrogen) atoms. The first kappa shape index (κ1) is 20.2. The topological polar surface area (TPSA) is 73.8 Å². The molecule has 0 aliphatic carbocycles. The Morgan fingerprint density at radius 1 is 1.28 bits per heavy atom. The van der Waals surface area contributed by atoms with Crippen molar-refractivity contribution in [3.05, 3.63) is 34.3 Å². The van der Waals surface area contributed by atoms with E-state index in [0.29, 0.717) is 18.5 Å². The van der Waals surface area contributed by atoms with Crippen LogP contribution in [0.2, 0.25) is 0 Å². The van der Waals surface area contributed by atoms with Crippen LogP contribution in [0.25, 0.3) is 0 Å². The highest BCUT2D eigenvalue weighted by molar-refractivity contribution is 9.10. The summed E-state index contributed by atoms with van der Waals surface area (Å²) in [5.74, 6) is 0.786. The maximum Gasteiger partial charge on any atom is 0.191 e. The van der Waals surface area contributed by atoms with Crippen molar-refractivity contribution < 1.29 is 8.42 Å². The molecule has 1 aromatic carbocycles. The molecule has 0 amide bonds. The molecule has 0 unspecified atom stereocenters. The molecule has 0 bridgehead atoms. The van der Waals surface area contributed by atoms with Gasteiger partial charge in [-0.15, -0.1) is 0 Å². The summed E-state index contributed by atoms with van der Waals surface area (Å²) in [7, 11) is -1.25.